The van der Waals surface area contributed by atoms with Crippen molar-refractivity contribution in [1.29, 1.82) is 0 Å². The molecule has 3 N–H and O–H groups in total. The molecule has 1 unspecified atom stereocenters. The van der Waals surface area contributed by atoms with Crippen LogP contribution in [0, 0.1) is 11.8 Å². The molecule has 2 aromatic rings. The Balaban J connectivity index is 1.16. The first-order chi connectivity index (χ1) is 16.9. The summed E-state index contributed by atoms with van der Waals surface area (Å²) in [5, 5.41) is 15.0. The van der Waals surface area contributed by atoms with Crippen LogP contribution in [0.5, 0.6) is 0 Å². The van der Waals surface area contributed by atoms with Crippen molar-refractivity contribution in [2.45, 2.75) is 57.4 Å². The van der Waals surface area contributed by atoms with Crippen LogP contribution in [0.25, 0.3) is 11.1 Å². The van der Waals surface area contributed by atoms with Crippen molar-refractivity contribution in [1.82, 2.24) is 10.6 Å². The molecular weight excluding hydrogens is 444 g/mol. The van der Waals surface area contributed by atoms with E-state index in [-0.39, 0.29) is 36.3 Å². The lowest BCUT2D eigenvalue weighted by molar-refractivity contribution is -0.143. The van der Waals surface area contributed by atoms with Crippen molar-refractivity contribution in [3.63, 3.8) is 0 Å². The number of fused-ring (bicyclic) bond motifs is 3. The van der Waals surface area contributed by atoms with Gasteiger partial charge in [-0.1, -0.05) is 55.0 Å². The summed E-state index contributed by atoms with van der Waals surface area (Å²) in [5.74, 6) is -1.15. The maximum Gasteiger partial charge on any atom is 0.407 e. The lowest BCUT2D eigenvalue weighted by Crippen LogP contribution is -2.35. The Morgan fingerprint density at radius 2 is 1.69 bits per heavy atom. The van der Waals surface area contributed by atoms with Crippen molar-refractivity contribution in [2.75, 3.05) is 13.2 Å². The molecule has 0 aromatic heterocycles. The van der Waals surface area contributed by atoms with E-state index < -0.39 is 12.1 Å². The Morgan fingerprint density at radius 3 is 2.34 bits per heavy atom. The van der Waals surface area contributed by atoms with E-state index in [0.29, 0.717) is 32.2 Å². The molecule has 7 heteroatoms. The number of carbonyl (C=O) groups is 3. The number of nitrogens with one attached hydrogen (secondary N) is 2. The van der Waals surface area contributed by atoms with Crippen LogP contribution in [0.15, 0.2) is 48.5 Å². The second-order valence-electron chi connectivity index (χ2n) is 9.70. The zero-order chi connectivity index (χ0) is 24.8. The number of aliphatic carboxylic acids is 1. The average molecular weight is 479 g/mol. The number of ether oxygens (including phenoxy) is 1. The highest BCUT2D eigenvalue weighted by Crippen LogP contribution is 2.44. The van der Waals surface area contributed by atoms with E-state index in [9.17, 15) is 19.5 Å². The first-order valence-electron chi connectivity index (χ1n) is 12.5. The van der Waals surface area contributed by atoms with Gasteiger partial charge in [0, 0.05) is 24.9 Å². The molecule has 2 aliphatic carbocycles. The number of carboxylic acid groups (broad SMARTS) is 1. The largest absolute Gasteiger partial charge is 0.481 e. The summed E-state index contributed by atoms with van der Waals surface area (Å²) in [6.45, 7) is 2.59. The predicted octanol–water partition coefficient (Wildman–Crippen LogP) is 4.70. The van der Waals surface area contributed by atoms with Crippen molar-refractivity contribution in [3.8, 4) is 11.1 Å². The minimum Gasteiger partial charge on any atom is -0.481 e. The Bertz CT molecular complexity index is 1020. The molecule has 3 atom stereocenters. The number of hydrogen-bond acceptors (Lipinski definition) is 4. The van der Waals surface area contributed by atoms with E-state index in [4.69, 9.17) is 4.74 Å². The van der Waals surface area contributed by atoms with Gasteiger partial charge in [-0.3, -0.25) is 9.59 Å². The molecule has 7 nitrogen and oxygen atoms in total. The van der Waals surface area contributed by atoms with Crippen molar-refractivity contribution in [3.05, 3.63) is 59.7 Å². The normalized spacial score (nSPS) is 19.5. The zero-order valence-electron chi connectivity index (χ0n) is 20.2. The fraction of sp³-hybridized carbons (Fsp3) is 0.464. The third-order valence-corrected chi connectivity index (χ3v) is 7.29. The quantitative estimate of drug-likeness (QED) is 0.459. The average Bonchev–Trinajstić information content (AvgIpc) is 3.44. The molecule has 1 saturated carbocycles. The van der Waals surface area contributed by atoms with Gasteiger partial charge in [0.15, 0.2) is 0 Å². The lowest BCUT2D eigenvalue weighted by atomic mass is 9.96. The van der Waals surface area contributed by atoms with Crippen LogP contribution in [-0.4, -0.2) is 42.3 Å². The molecule has 2 aliphatic rings. The molecule has 0 radical (unpaired) electrons. The second-order valence-corrected chi connectivity index (χ2v) is 9.70. The van der Waals surface area contributed by atoms with Crippen LogP contribution in [0.1, 0.15) is 62.5 Å². The Hall–Kier alpha value is -3.35. The topological polar surface area (TPSA) is 105 Å². The highest BCUT2D eigenvalue weighted by molar-refractivity contribution is 5.79. The van der Waals surface area contributed by atoms with E-state index in [0.717, 1.165) is 12.8 Å². The standard InChI is InChI=1S/C28H34N2O5/c1-18(8-6-15-26(31)29-16-19-9-7-14-20(19)27(32)33)30-28(34)35-17-25-23-12-4-2-10-21(23)22-11-3-5-13-24(22)25/h2-5,10-13,18-20,25H,6-9,14-17H2,1H3,(H,29,31)(H,30,34)(H,32,33)/t18?,19-,20-/m0/s1. The van der Waals surface area contributed by atoms with E-state index in [2.05, 4.69) is 34.9 Å². The van der Waals surface area contributed by atoms with Crippen LogP contribution in [0.3, 0.4) is 0 Å². The van der Waals surface area contributed by atoms with Gasteiger partial charge >= 0.3 is 12.1 Å². The number of hydrogen-bond donors (Lipinski definition) is 3. The van der Waals surface area contributed by atoms with E-state index >= 15 is 0 Å². The number of carboxylic acids is 1. The number of amides is 2. The van der Waals surface area contributed by atoms with Gasteiger partial charge in [-0.25, -0.2) is 4.79 Å². The molecule has 0 bridgehead atoms. The van der Waals surface area contributed by atoms with Gasteiger partial charge in [0.05, 0.1) is 5.92 Å². The van der Waals surface area contributed by atoms with Gasteiger partial charge in [-0.2, -0.15) is 0 Å². The summed E-state index contributed by atoms with van der Waals surface area (Å²) in [7, 11) is 0. The molecule has 0 aliphatic heterocycles. The van der Waals surface area contributed by atoms with Crippen molar-refractivity contribution < 1.29 is 24.2 Å². The Labute approximate surface area is 206 Å². The maximum atomic E-state index is 12.4. The van der Waals surface area contributed by atoms with Gasteiger partial charge < -0.3 is 20.5 Å². The summed E-state index contributed by atoms with van der Waals surface area (Å²) in [5.41, 5.74) is 4.73. The SMILES string of the molecule is CC(CCCC(=O)NC[C@@H]1CCC[C@@H]1C(=O)O)NC(=O)OCC1c2ccccc2-c2ccccc21. The monoisotopic (exact) mass is 478 g/mol. The molecule has 4 rings (SSSR count). The van der Waals surface area contributed by atoms with E-state index in [1.165, 1.54) is 22.3 Å². The van der Waals surface area contributed by atoms with Gasteiger partial charge in [-0.05, 0) is 60.8 Å². The van der Waals surface area contributed by atoms with Gasteiger partial charge in [-0.15, -0.1) is 0 Å². The Kier molecular flexibility index (Phi) is 8.06. The van der Waals surface area contributed by atoms with Gasteiger partial charge in [0.1, 0.15) is 6.61 Å². The summed E-state index contributed by atoms with van der Waals surface area (Å²) in [4.78, 5) is 35.8. The summed E-state index contributed by atoms with van der Waals surface area (Å²) < 4.78 is 5.59. The molecule has 0 spiro atoms. The fourth-order valence-corrected chi connectivity index (χ4v) is 5.42. The van der Waals surface area contributed by atoms with Crippen molar-refractivity contribution in [2.24, 2.45) is 11.8 Å². The molecule has 186 valence electrons. The minimum atomic E-state index is -0.769. The van der Waals surface area contributed by atoms with E-state index in [1.807, 2.05) is 31.2 Å². The van der Waals surface area contributed by atoms with Crippen molar-refractivity contribution >= 4 is 18.0 Å². The minimum absolute atomic E-state index is 0.0191. The third-order valence-electron chi connectivity index (χ3n) is 7.29. The van der Waals surface area contributed by atoms with Gasteiger partial charge in [0.2, 0.25) is 5.91 Å². The van der Waals surface area contributed by atoms with Crippen LogP contribution >= 0.6 is 0 Å². The summed E-state index contributed by atoms with van der Waals surface area (Å²) in [6.07, 6.45) is 3.61. The van der Waals surface area contributed by atoms with Gasteiger partial charge in [0.25, 0.3) is 0 Å². The molecule has 0 heterocycles. The summed E-state index contributed by atoms with van der Waals surface area (Å²) in [6, 6.07) is 16.3. The predicted molar refractivity (Wildman–Crippen MR) is 133 cm³/mol. The third kappa shape index (κ3) is 6.02. The highest BCUT2D eigenvalue weighted by atomic mass is 16.5. The summed E-state index contributed by atoms with van der Waals surface area (Å²) >= 11 is 0. The molecule has 1 fully saturated rings. The van der Waals surface area contributed by atoms with E-state index in [1.54, 1.807) is 0 Å². The molecule has 0 saturated heterocycles. The molecule has 2 amide bonds. The number of benzene rings is 2. The number of rotatable bonds is 10. The molecule has 2 aromatic carbocycles. The lowest BCUT2D eigenvalue weighted by Gasteiger charge is -2.18. The number of alkyl carbamates (subject to hydrolysis) is 1. The first-order valence-corrected chi connectivity index (χ1v) is 12.5. The van der Waals surface area contributed by atoms with Crippen LogP contribution < -0.4 is 10.6 Å². The molecular formula is C28H34N2O5. The highest BCUT2D eigenvalue weighted by Gasteiger charge is 2.33. The second kappa shape index (κ2) is 11.4. The van der Waals surface area contributed by atoms with Crippen LogP contribution in [0.2, 0.25) is 0 Å². The smallest absolute Gasteiger partial charge is 0.407 e. The zero-order valence-corrected chi connectivity index (χ0v) is 20.2. The number of carbonyl (C=O) groups excluding carboxylic acids is 2. The fourth-order valence-electron chi connectivity index (χ4n) is 5.42. The van der Waals surface area contributed by atoms with Crippen LogP contribution in [-0.2, 0) is 14.3 Å². The molecule has 35 heavy (non-hydrogen) atoms. The van der Waals surface area contributed by atoms with Crippen LogP contribution in [0.4, 0.5) is 4.79 Å². The maximum absolute atomic E-state index is 12.4. The first kappa shape index (κ1) is 24.8. The Morgan fingerprint density at radius 1 is 1.03 bits per heavy atom.